The Hall–Kier alpha value is -2.15. The standard InChI is InChI=1S/C14H14BrNO5/c15-10-3-1-2-9(8-10)4-6-12(17)16-11(14(20)21)5-7-13(18)19/h1-4,6,8,11H,5,7H2,(H,16,17)(H,18,19)(H,20,21)/b6-4+/t11-/m0/s1. The van der Waals surface area contributed by atoms with Crippen LogP contribution in [0.5, 0.6) is 0 Å². The Morgan fingerprint density at radius 2 is 2.00 bits per heavy atom. The summed E-state index contributed by atoms with van der Waals surface area (Å²) in [7, 11) is 0. The molecule has 0 aliphatic rings. The van der Waals surface area contributed by atoms with Crippen LogP contribution in [0.2, 0.25) is 0 Å². The Balaban J connectivity index is 2.61. The van der Waals surface area contributed by atoms with E-state index in [-0.39, 0.29) is 12.8 Å². The first-order valence-corrected chi connectivity index (χ1v) is 6.86. The molecule has 1 rings (SSSR count). The molecule has 0 radical (unpaired) electrons. The van der Waals surface area contributed by atoms with Gasteiger partial charge in [0.25, 0.3) is 0 Å². The van der Waals surface area contributed by atoms with Crippen molar-refractivity contribution in [3.63, 3.8) is 0 Å². The van der Waals surface area contributed by atoms with Gasteiger partial charge in [-0.3, -0.25) is 9.59 Å². The first kappa shape index (κ1) is 16.9. The van der Waals surface area contributed by atoms with Gasteiger partial charge in [-0.25, -0.2) is 4.79 Å². The molecule has 0 saturated heterocycles. The fourth-order valence-electron chi connectivity index (χ4n) is 1.53. The minimum absolute atomic E-state index is 0.166. The number of carbonyl (C=O) groups is 3. The van der Waals surface area contributed by atoms with E-state index in [1.807, 2.05) is 6.07 Å². The summed E-state index contributed by atoms with van der Waals surface area (Å²) in [5, 5.41) is 19.7. The number of amides is 1. The highest BCUT2D eigenvalue weighted by molar-refractivity contribution is 9.10. The van der Waals surface area contributed by atoms with Crippen molar-refractivity contribution in [3.05, 3.63) is 40.4 Å². The predicted octanol–water partition coefficient (Wildman–Crippen LogP) is 1.90. The molecular weight excluding hydrogens is 342 g/mol. The van der Waals surface area contributed by atoms with E-state index >= 15 is 0 Å². The summed E-state index contributed by atoms with van der Waals surface area (Å²) >= 11 is 3.29. The maximum atomic E-state index is 11.6. The summed E-state index contributed by atoms with van der Waals surface area (Å²) in [6, 6.07) is 6.00. The number of nitrogens with one attached hydrogen (secondary N) is 1. The van der Waals surface area contributed by atoms with Crippen LogP contribution in [0.3, 0.4) is 0 Å². The number of hydrogen-bond acceptors (Lipinski definition) is 3. The highest BCUT2D eigenvalue weighted by Crippen LogP contribution is 2.12. The maximum absolute atomic E-state index is 11.6. The van der Waals surface area contributed by atoms with E-state index < -0.39 is 23.9 Å². The highest BCUT2D eigenvalue weighted by Gasteiger charge is 2.19. The van der Waals surface area contributed by atoms with Gasteiger partial charge in [-0.05, 0) is 30.2 Å². The Bertz CT molecular complexity index is 570. The van der Waals surface area contributed by atoms with Gasteiger partial charge in [0.05, 0.1) is 0 Å². The Morgan fingerprint density at radius 1 is 1.29 bits per heavy atom. The molecule has 0 spiro atoms. The average Bonchev–Trinajstić information content (AvgIpc) is 2.40. The second-order valence-corrected chi connectivity index (χ2v) is 5.14. The molecule has 1 atom stereocenters. The third-order valence-electron chi connectivity index (χ3n) is 2.54. The second-order valence-electron chi connectivity index (χ2n) is 4.22. The molecule has 1 aromatic carbocycles. The van der Waals surface area contributed by atoms with Gasteiger partial charge in [-0.1, -0.05) is 28.1 Å². The van der Waals surface area contributed by atoms with E-state index in [0.29, 0.717) is 0 Å². The third-order valence-corrected chi connectivity index (χ3v) is 3.03. The SMILES string of the molecule is O=C(O)CC[C@H](NC(=O)/C=C/c1cccc(Br)c1)C(=O)O. The van der Waals surface area contributed by atoms with Gasteiger partial charge in [0, 0.05) is 17.0 Å². The van der Waals surface area contributed by atoms with Crippen LogP contribution in [0, 0.1) is 0 Å². The lowest BCUT2D eigenvalue weighted by atomic mass is 10.1. The second kappa shape index (κ2) is 8.21. The zero-order valence-corrected chi connectivity index (χ0v) is 12.5. The summed E-state index contributed by atoms with van der Waals surface area (Å²) in [6.07, 6.45) is 2.25. The lowest BCUT2D eigenvalue weighted by molar-refractivity contribution is -0.142. The average molecular weight is 356 g/mol. The van der Waals surface area contributed by atoms with Gasteiger partial charge in [-0.2, -0.15) is 0 Å². The molecule has 1 aromatic rings. The van der Waals surface area contributed by atoms with Crippen LogP contribution in [-0.4, -0.2) is 34.1 Å². The lowest BCUT2D eigenvalue weighted by Gasteiger charge is -2.11. The van der Waals surface area contributed by atoms with E-state index in [4.69, 9.17) is 10.2 Å². The van der Waals surface area contributed by atoms with Crippen LogP contribution in [-0.2, 0) is 14.4 Å². The molecule has 7 heteroatoms. The number of halogens is 1. The van der Waals surface area contributed by atoms with Crippen LogP contribution < -0.4 is 5.32 Å². The minimum atomic E-state index is -1.26. The zero-order valence-electron chi connectivity index (χ0n) is 11.0. The number of rotatable bonds is 7. The van der Waals surface area contributed by atoms with E-state index in [1.54, 1.807) is 18.2 Å². The van der Waals surface area contributed by atoms with Crippen LogP contribution in [0.25, 0.3) is 6.08 Å². The maximum Gasteiger partial charge on any atom is 0.326 e. The van der Waals surface area contributed by atoms with Crippen molar-refractivity contribution in [3.8, 4) is 0 Å². The van der Waals surface area contributed by atoms with Gasteiger partial charge < -0.3 is 15.5 Å². The molecule has 112 valence electrons. The third kappa shape index (κ3) is 6.71. The van der Waals surface area contributed by atoms with Crippen LogP contribution in [0.4, 0.5) is 0 Å². The topological polar surface area (TPSA) is 104 Å². The van der Waals surface area contributed by atoms with Gasteiger partial charge in [0.2, 0.25) is 5.91 Å². The number of carboxylic acids is 2. The molecule has 1 amide bonds. The predicted molar refractivity (Wildman–Crippen MR) is 79.6 cm³/mol. The molecule has 0 fully saturated rings. The summed E-state index contributed by atoms with van der Waals surface area (Å²) in [5.74, 6) is -2.96. The van der Waals surface area contributed by atoms with Crippen molar-refractivity contribution in [2.24, 2.45) is 0 Å². The number of hydrogen-bond donors (Lipinski definition) is 3. The Labute approximate surface area is 129 Å². The molecule has 0 bridgehead atoms. The molecule has 21 heavy (non-hydrogen) atoms. The minimum Gasteiger partial charge on any atom is -0.481 e. The number of aliphatic carboxylic acids is 2. The Kier molecular flexibility index (Phi) is 6.61. The van der Waals surface area contributed by atoms with Gasteiger partial charge >= 0.3 is 11.9 Å². The first-order chi connectivity index (χ1) is 9.88. The molecule has 0 heterocycles. The van der Waals surface area contributed by atoms with Gasteiger partial charge in [-0.15, -0.1) is 0 Å². The zero-order chi connectivity index (χ0) is 15.8. The Morgan fingerprint density at radius 3 is 2.57 bits per heavy atom. The summed E-state index contributed by atoms with van der Waals surface area (Å²) in [6.45, 7) is 0. The van der Waals surface area contributed by atoms with Crippen molar-refractivity contribution in [2.75, 3.05) is 0 Å². The number of carbonyl (C=O) groups excluding carboxylic acids is 1. The molecule has 6 nitrogen and oxygen atoms in total. The van der Waals surface area contributed by atoms with E-state index in [9.17, 15) is 14.4 Å². The normalized spacial score (nSPS) is 12.0. The van der Waals surface area contributed by atoms with Crippen LogP contribution in [0.15, 0.2) is 34.8 Å². The van der Waals surface area contributed by atoms with Crippen molar-refractivity contribution >= 4 is 39.9 Å². The monoisotopic (exact) mass is 355 g/mol. The molecule has 0 aliphatic heterocycles. The number of carboxylic acid groups (broad SMARTS) is 2. The quantitative estimate of drug-likeness (QED) is 0.648. The molecular formula is C14H14BrNO5. The highest BCUT2D eigenvalue weighted by atomic mass is 79.9. The molecule has 3 N–H and O–H groups in total. The van der Waals surface area contributed by atoms with Crippen molar-refractivity contribution in [2.45, 2.75) is 18.9 Å². The molecule has 0 unspecified atom stereocenters. The lowest BCUT2D eigenvalue weighted by Crippen LogP contribution is -2.40. The van der Waals surface area contributed by atoms with E-state index in [0.717, 1.165) is 10.0 Å². The van der Waals surface area contributed by atoms with Crippen molar-refractivity contribution in [1.29, 1.82) is 0 Å². The largest absolute Gasteiger partial charge is 0.481 e. The molecule has 0 saturated carbocycles. The smallest absolute Gasteiger partial charge is 0.326 e. The van der Waals surface area contributed by atoms with E-state index in [2.05, 4.69) is 21.2 Å². The van der Waals surface area contributed by atoms with Crippen LogP contribution in [0.1, 0.15) is 18.4 Å². The van der Waals surface area contributed by atoms with Crippen LogP contribution >= 0.6 is 15.9 Å². The fraction of sp³-hybridized carbons (Fsp3) is 0.214. The summed E-state index contributed by atoms with van der Waals surface area (Å²) < 4.78 is 0.856. The van der Waals surface area contributed by atoms with Gasteiger partial charge in [0.1, 0.15) is 6.04 Å². The van der Waals surface area contributed by atoms with E-state index in [1.165, 1.54) is 12.2 Å². The first-order valence-electron chi connectivity index (χ1n) is 6.07. The molecule has 0 aromatic heterocycles. The number of benzene rings is 1. The summed E-state index contributed by atoms with van der Waals surface area (Å²) in [5.41, 5.74) is 0.775. The van der Waals surface area contributed by atoms with Gasteiger partial charge in [0.15, 0.2) is 0 Å². The van der Waals surface area contributed by atoms with Crippen molar-refractivity contribution in [1.82, 2.24) is 5.32 Å². The van der Waals surface area contributed by atoms with Crippen molar-refractivity contribution < 1.29 is 24.6 Å². The summed E-state index contributed by atoms with van der Waals surface area (Å²) in [4.78, 5) is 33.0. The fourth-order valence-corrected chi connectivity index (χ4v) is 1.94. The molecule has 0 aliphatic carbocycles.